The zero-order valence-electron chi connectivity index (χ0n) is 14.5. The lowest BCUT2D eigenvalue weighted by Crippen LogP contribution is -2.22. The Morgan fingerprint density at radius 1 is 0.625 bits per heavy atom. The molecule has 132 valence electrons. The predicted molar refractivity (Wildman–Crippen MR) is 90.6 cm³/mol. The molecule has 6 heteroatoms. The molecule has 0 aromatic heterocycles. The van der Waals surface area contributed by atoms with Crippen molar-refractivity contribution in [3.05, 3.63) is 36.4 Å². The van der Waals surface area contributed by atoms with Crippen LogP contribution in [0.3, 0.4) is 0 Å². The Hall–Kier alpha value is -1.86. The summed E-state index contributed by atoms with van der Waals surface area (Å²) in [7, 11) is 6.31. The Kier molecular flexibility index (Phi) is 7.27. The van der Waals surface area contributed by atoms with Crippen LogP contribution in [0.2, 0.25) is 0 Å². The average molecular weight is 336 g/mol. The molecule has 0 saturated carbocycles. The molecule has 0 aliphatic carbocycles. The summed E-state index contributed by atoms with van der Waals surface area (Å²) in [6, 6.07) is 11.7. The lowest BCUT2D eigenvalue weighted by molar-refractivity contribution is -0.121. The third kappa shape index (κ3) is 5.07. The molecule has 0 amide bonds. The van der Waals surface area contributed by atoms with Crippen molar-refractivity contribution in [3.63, 3.8) is 0 Å². The van der Waals surface area contributed by atoms with Crippen LogP contribution in [0.4, 0.5) is 0 Å². The van der Waals surface area contributed by atoms with Crippen molar-refractivity contribution in [2.45, 2.75) is 12.6 Å². The van der Waals surface area contributed by atoms with Crippen LogP contribution in [0.15, 0.2) is 36.4 Å². The first-order chi connectivity index (χ1) is 11.7. The Balaban J connectivity index is 2.06. The van der Waals surface area contributed by atoms with Crippen molar-refractivity contribution < 1.29 is 28.4 Å². The quantitative estimate of drug-likeness (QED) is 0.622. The van der Waals surface area contributed by atoms with E-state index < -0.39 is 12.6 Å². The molecule has 24 heavy (non-hydrogen) atoms. The Labute approximate surface area is 142 Å². The third-order valence-corrected chi connectivity index (χ3v) is 3.61. The molecule has 0 bridgehead atoms. The number of hydrogen-bond donors (Lipinski definition) is 0. The maximum atomic E-state index is 5.70. The number of ether oxygens (including phenoxy) is 6. The maximum Gasteiger partial charge on any atom is 0.191 e. The molecule has 2 aromatic carbocycles. The van der Waals surface area contributed by atoms with Crippen LogP contribution in [-0.4, -0.2) is 54.2 Å². The van der Waals surface area contributed by atoms with Gasteiger partial charge in [-0.25, -0.2) is 0 Å². The molecule has 0 unspecified atom stereocenters. The van der Waals surface area contributed by atoms with Crippen molar-refractivity contribution in [2.24, 2.45) is 0 Å². The molecule has 0 aliphatic heterocycles. The second-order valence-electron chi connectivity index (χ2n) is 5.09. The van der Waals surface area contributed by atoms with Gasteiger partial charge in [-0.1, -0.05) is 12.1 Å². The first-order valence-corrected chi connectivity index (χ1v) is 7.60. The van der Waals surface area contributed by atoms with Crippen LogP contribution in [0.5, 0.6) is 11.5 Å². The van der Waals surface area contributed by atoms with Crippen LogP contribution in [-0.2, 0) is 18.9 Å². The number of fused-ring (bicyclic) bond motifs is 1. The van der Waals surface area contributed by atoms with E-state index in [9.17, 15) is 0 Å². The van der Waals surface area contributed by atoms with Crippen molar-refractivity contribution in [1.82, 2.24) is 0 Å². The molecule has 0 atom stereocenters. The zero-order chi connectivity index (χ0) is 17.4. The fourth-order valence-corrected chi connectivity index (χ4v) is 2.18. The molecule has 0 fully saturated rings. The Bertz CT molecular complexity index is 571. The van der Waals surface area contributed by atoms with Gasteiger partial charge in [-0.3, -0.25) is 0 Å². The number of benzene rings is 2. The van der Waals surface area contributed by atoms with Gasteiger partial charge in [0.25, 0.3) is 0 Å². The summed E-state index contributed by atoms with van der Waals surface area (Å²) in [6.45, 7) is 0.635. The third-order valence-electron chi connectivity index (χ3n) is 3.61. The van der Waals surface area contributed by atoms with E-state index in [1.165, 1.54) is 0 Å². The molecule has 0 saturated heterocycles. The van der Waals surface area contributed by atoms with Gasteiger partial charge in [-0.05, 0) is 35.0 Å². The summed E-state index contributed by atoms with van der Waals surface area (Å²) < 4.78 is 31.8. The van der Waals surface area contributed by atoms with Gasteiger partial charge in [0.1, 0.15) is 24.7 Å². The van der Waals surface area contributed by atoms with Crippen LogP contribution >= 0.6 is 0 Å². The normalized spacial score (nSPS) is 11.4. The minimum Gasteiger partial charge on any atom is -0.488 e. The highest BCUT2D eigenvalue weighted by Gasteiger charge is 2.08. The second-order valence-corrected chi connectivity index (χ2v) is 5.09. The maximum absolute atomic E-state index is 5.70. The van der Waals surface area contributed by atoms with Crippen molar-refractivity contribution in [2.75, 3.05) is 41.7 Å². The molecule has 6 nitrogen and oxygen atoms in total. The molecule has 0 heterocycles. The van der Waals surface area contributed by atoms with Crippen molar-refractivity contribution >= 4 is 10.8 Å². The molecular formula is C18H24O6. The van der Waals surface area contributed by atoms with Gasteiger partial charge in [0.2, 0.25) is 0 Å². The van der Waals surface area contributed by atoms with Gasteiger partial charge >= 0.3 is 0 Å². The lowest BCUT2D eigenvalue weighted by atomic mass is 10.1. The van der Waals surface area contributed by atoms with Gasteiger partial charge in [0.05, 0.1) is 0 Å². The van der Waals surface area contributed by atoms with Crippen LogP contribution in [0, 0.1) is 0 Å². The Morgan fingerprint density at radius 3 is 1.42 bits per heavy atom. The summed E-state index contributed by atoms with van der Waals surface area (Å²) in [5.74, 6) is 1.48. The van der Waals surface area contributed by atoms with E-state index in [-0.39, 0.29) is 0 Å². The van der Waals surface area contributed by atoms with E-state index in [1.807, 2.05) is 36.4 Å². The fraction of sp³-hybridized carbons (Fsp3) is 0.444. The highest BCUT2D eigenvalue weighted by molar-refractivity contribution is 5.85. The summed E-state index contributed by atoms with van der Waals surface area (Å²) in [5.41, 5.74) is 0. The second kappa shape index (κ2) is 9.44. The summed E-state index contributed by atoms with van der Waals surface area (Å²) in [6.07, 6.45) is -0.786. The SMILES string of the molecule is COC(COc1ccc2ccc(OCC(OC)OC)cc2c1)OC. The first kappa shape index (κ1) is 18.5. The van der Waals surface area contributed by atoms with Gasteiger partial charge < -0.3 is 28.4 Å². The highest BCUT2D eigenvalue weighted by atomic mass is 16.7. The summed E-state index contributed by atoms with van der Waals surface area (Å²) in [5, 5.41) is 2.11. The molecule has 2 rings (SSSR count). The van der Waals surface area contributed by atoms with Crippen molar-refractivity contribution in [1.29, 1.82) is 0 Å². The van der Waals surface area contributed by atoms with Crippen LogP contribution < -0.4 is 9.47 Å². The largest absolute Gasteiger partial charge is 0.488 e. The zero-order valence-corrected chi connectivity index (χ0v) is 14.5. The van der Waals surface area contributed by atoms with E-state index >= 15 is 0 Å². The minimum atomic E-state index is -0.393. The average Bonchev–Trinajstić information content (AvgIpc) is 2.63. The standard InChI is InChI=1S/C18H24O6/c1-19-17(20-2)11-23-15-7-5-13-6-8-16(10-14(13)9-15)24-12-18(21-3)22-4/h5-10,17-18H,11-12H2,1-4H3. The Morgan fingerprint density at radius 2 is 1.04 bits per heavy atom. The van der Waals surface area contributed by atoms with Gasteiger partial charge in [-0.15, -0.1) is 0 Å². The molecule has 0 N–H and O–H groups in total. The van der Waals surface area contributed by atoms with E-state index in [0.29, 0.717) is 13.2 Å². The molecule has 0 aliphatic rings. The molecule has 0 spiro atoms. The van der Waals surface area contributed by atoms with Gasteiger partial charge in [-0.2, -0.15) is 0 Å². The summed E-state index contributed by atoms with van der Waals surface area (Å²) in [4.78, 5) is 0. The van der Waals surface area contributed by atoms with E-state index in [4.69, 9.17) is 28.4 Å². The van der Waals surface area contributed by atoms with Crippen LogP contribution in [0.25, 0.3) is 10.8 Å². The summed E-state index contributed by atoms with van der Waals surface area (Å²) >= 11 is 0. The van der Waals surface area contributed by atoms with Crippen molar-refractivity contribution in [3.8, 4) is 11.5 Å². The molecule has 0 radical (unpaired) electrons. The van der Waals surface area contributed by atoms with E-state index in [1.54, 1.807) is 28.4 Å². The van der Waals surface area contributed by atoms with E-state index in [2.05, 4.69) is 0 Å². The smallest absolute Gasteiger partial charge is 0.191 e. The number of methoxy groups -OCH3 is 4. The van der Waals surface area contributed by atoms with Gasteiger partial charge in [0, 0.05) is 28.4 Å². The van der Waals surface area contributed by atoms with Gasteiger partial charge in [0.15, 0.2) is 12.6 Å². The monoisotopic (exact) mass is 336 g/mol. The topological polar surface area (TPSA) is 55.4 Å². The number of hydrogen-bond acceptors (Lipinski definition) is 6. The lowest BCUT2D eigenvalue weighted by Gasteiger charge is -2.15. The minimum absolute atomic E-state index is 0.318. The molecular weight excluding hydrogens is 312 g/mol. The predicted octanol–water partition coefficient (Wildman–Crippen LogP) is 2.84. The van der Waals surface area contributed by atoms with Crippen LogP contribution in [0.1, 0.15) is 0 Å². The molecule has 2 aromatic rings. The first-order valence-electron chi connectivity index (χ1n) is 7.60. The fourth-order valence-electron chi connectivity index (χ4n) is 2.18. The number of rotatable bonds is 10. The van der Waals surface area contributed by atoms with E-state index in [0.717, 1.165) is 22.3 Å². The highest BCUT2D eigenvalue weighted by Crippen LogP contribution is 2.25.